The Labute approximate surface area is 108 Å². The fraction of sp³-hybridized carbons (Fsp3) is 0.308. The molecule has 1 fully saturated rings. The number of hydrogen-bond acceptors (Lipinski definition) is 3. The van der Waals surface area contributed by atoms with E-state index in [0.29, 0.717) is 24.7 Å². The quantitative estimate of drug-likeness (QED) is 0.873. The van der Waals surface area contributed by atoms with Gasteiger partial charge in [0.25, 0.3) is 0 Å². The zero-order valence-electron chi connectivity index (χ0n) is 10.1. The van der Waals surface area contributed by atoms with Gasteiger partial charge in [-0.3, -0.25) is 0 Å². The number of rotatable bonds is 2. The maximum absolute atomic E-state index is 13.7. The summed E-state index contributed by atoms with van der Waals surface area (Å²) in [6, 6.07) is 3.71. The number of nitrogens with one attached hydrogen (secondary N) is 2. The van der Waals surface area contributed by atoms with Gasteiger partial charge >= 0.3 is 0 Å². The molecular weight excluding hydrogens is 252 g/mol. The van der Waals surface area contributed by atoms with Gasteiger partial charge in [0.15, 0.2) is 0 Å². The van der Waals surface area contributed by atoms with Gasteiger partial charge in [-0.15, -0.1) is 0 Å². The van der Waals surface area contributed by atoms with Crippen molar-refractivity contribution < 1.29 is 13.5 Å². The van der Waals surface area contributed by atoms with E-state index in [1.165, 1.54) is 24.4 Å². The molecule has 1 saturated heterocycles. The predicted molar refractivity (Wildman–Crippen MR) is 65.5 cm³/mol. The standard InChI is InChI=1S/C13H13F2N3O/c14-8-2-1-3-9(15)12(8)10-6-17-13(18-10)11-7-19-5-4-16-11/h1-3,6,11,16H,4-5,7H2,(H,17,18). The third-order valence-corrected chi connectivity index (χ3v) is 3.08. The van der Waals surface area contributed by atoms with Crippen LogP contribution in [0.25, 0.3) is 11.3 Å². The van der Waals surface area contributed by atoms with Gasteiger partial charge in [0.05, 0.1) is 36.7 Å². The van der Waals surface area contributed by atoms with Crippen LogP contribution in [-0.4, -0.2) is 29.7 Å². The monoisotopic (exact) mass is 265 g/mol. The van der Waals surface area contributed by atoms with Gasteiger partial charge in [-0.25, -0.2) is 13.8 Å². The maximum atomic E-state index is 13.7. The van der Waals surface area contributed by atoms with E-state index >= 15 is 0 Å². The van der Waals surface area contributed by atoms with E-state index in [2.05, 4.69) is 15.3 Å². The Morgan fingerprint density at radius 1 is 1.26 bits per heavy atom. The third kappa shape index (κ3) is 2.36. The molecule has 1 aliphatic heterocycles. The van der Waals surface area contributed by atoms with E-state index < -0.39 is 11.6 Å². The van der Waals surface area contributed by atoms with Crippen LogP contribution in [0.1, 0.15) is 11.9 Å². The molecule has 6 heteroatoms. The minimum absolute atomic E-state index is 0.0719. The van der Waals surface area contributed by atoms with Crippen LogP contribution in [-0.2, 0) is 4.74 Å². The van der Waals surface area contributed by atoms with Crippen molar-refractivity contribution >= 4 is 0 Å². The Hall–Kier alpha value is -1.79. The topological polar surface area (TPSA) is 49.9 Å². The molecule has 2 N–H and O–H groups in total. The van der Waals surface area contributed by atoms with Gasteiger partial charge in [-0.05, 0) is 12.1 Å². The molecule has 0 bridgehead atoms. The average Bonchev–Trinajstić information content (AvgIpc) is 2.89. The first-order valence-electron chi connectivity index (χ1n) is 6.06. The lowest BCUT2D eigenvalue weighted by molar-refractivity contribution is 0.0745. The molecule has 2 heterocycles. The van der Waals surface area contributed by atoms with Crippen LogP contribution in [0.5, 0.6) is 0 Å². The van der Waals surface area contributed by atoms with Gasteiger partial charge in [0, 0.05) is 6.54 Å². The number of hydrogen-bond donors (Lipinski definition) is 2. The SMILES string of the molecule is Fc1cccc(F)c1-c1cnc(C2COCCN2)[nH]1. The van der Waals surface area contributed by atoms with E-state index in [0.717, 1.165) is 6.54 Å². The summed E-state index contributed by atoms with van der Waals surface area (Å²) in [7, 11) is 0. The molecule has 1 aromatic carbocycles. The fourth-order valence-electron chi connectivity index (χ4n) is 2.14. The molecule has 3 rings (SSSR count). The molecule has 0 spiro atoms. The molecule has 1 aliphatic rings. The van der Waals surface area contributed by atoms with Crippen molar-refractivity contribution in [1.82, 2.24) is 15.3 Å². The van der Waals surface area contributed by atoms with Crippen molar-refractivity contribution in [3.63, 3.8) is 0 Å². The van der Waals surface area contributed by atoms with Crippen molar-refractivity contribution in [3.8, 4) is 11.3 Å². The van der Waals surface area contributed by atoms with Gasteiger partial charge in [0.1, 0.15) is 17.5 Å². The number of benzene rings is 1. The highest BCUT2D eigenvalue weighted by Gasteiger charge is 2.20. The Morgan fingerprint density at radius 3 is 2.74 bits per heavy atom. The van der Waals surface area contributed by atoms with Crippen molar-refractivity contribution in [3.05, 3.63) is 41.9 Å². The second kappa shape index (κ2) is 5.07. The largest absolute Gasteiger partial charge is 0.378 e. The van der Waals surface area contributed by atoms with Crippen molar-refractivity contribution in [2.24, 2.45) is 0 Å². The summed E-state index contributed by atoms with van der Waals surface area (Å²) in [5.41, 5.74) is 0.246. The normalized spacial score (nSPS) is 19.6. The zero-order valence-corrected chi connectivity index (χ0v) is 10.1. The molecule has 19 heavy (non-hydrogen) atoms. The first kappa shape index (κ1) is 12.3. The van der Waals surface area contributed by atoms with E-state index in [1.807, 2.05) is 0 Å². The van der Waals surface area contributed by atoms with Crippen LogP contribution in [0, 0.1) is 11.6 Å². The summed E-state index contributed by atoms with van der Waals surface area (Å²) < 4.78 is 32.6. The highest BCUT2D eigenvalue weighted by molar-refractivity contribution is 5.60. The van der Waals surface area contributed by atoms with Crippen molar-refractivity contribution in [2.45, 2.75) is 6.04 Å². The van der Waals surface area contributed by atoms with Crippen LogP contribution in [0.2, 0.25) is 0 Å². The molecular formula is C13H13F2N3O. The Morgan fingerprint density at radius 2 is 2.05 bits per heavy atom. The molecule has 0 amide bonds. The van der Waals surface area contributed by atoms with E-state index in [-0.39, 0.29) is 11.6 Å². The number of nitrogens with zero attached hydrogens (tertiary/aromatic N) is 1. The predicted octanol–water partition coefficient (Wildman–Crippen LogP) is 2.02. The summed E-state index contributed by atoms with van der Waals surface area (Å²) in [6.45, 7) is 1.88. The first-order chi connectivity index (χ1) is 9.25. The third-order valence-electron chi connectivity index (χ3n) is 3.08. The van der Waals surface area contributed by atoms with E-state index in [4.69, 9.17) is 4.74 Å². The summed E-state index contributed by atoms with van der Waals surface area (Å²) >= 11 is 0. The molecule has 1 unspecified atom stereocenters. The number of H-pyrrole nitrogens is 1. The Bertz CT molecular complexity index is 559. The number of aromatic amines is 1. The smallest absolute Gasteiger partial charge is 0.135 e. The van der Waals surface area contributed by atoms with Crippen molar-refractivity contribution in [2.75, 3.05) is 19.8 Å². The number of imidazole rings is 1. The molecule has 0 saturated carbocycles. The lowest BCUT2D eigenvalue weighted by atomic mass is 10.1. The number of halogens is 2. The van der Waals surface area contributed by atoms with E-state index in [1.54, 1.807) is 0 Å². The highest BCUT2D eigenvalue weighted by atomic mass is 19.1. The number of aromatic nitrogens is 2. The van der Waals surface area contributed by atoms with Crippen LogP contribution in [0.3, 0.4) is 0 Å². The lowest BCUT2D eigenvalue weighted by Gasteiger charge is -2.21. The summed E-state index contributed by atoms with van der Waals surface area (Å²) in [5, 5.41) is 3.22. The van der Waals surface area contributed by atoms with Crippen LogP contribution < -0.4 is 5.32 Å². The van der Waals surface area contributed by atoms with Crippen molar-refractivity contribution in [1.29, 1.82) is 0 Å². The second-order valence-corrected chi connectivity index (χ2v) is 4.36. The van der Waals surface area contributed by atoms with Crippen LogP contribution >= 0.6 is 0 Å². The average molecular weight is 265 g/mol. The summed E-state index contributed by atoms with van der Waals surface area (Å²) in [6.07, 6.45) is 1.44. The highest BCUT2D eigenvalue weighted by Crippen LogP contribution is 2.25. The molecule has 100 valence electrons. The summed E-state index contributed by atoms with van der Waals surface area (Å²) in [5.74, 6) is -0.594. The number of ether oxygens (including phenoxy) is 1. The van der Waals surface area contributed by atoms with Crippen LogP contribution in [0.15, 0.2) is 24.4 Å². The molecule has 2 aromatic rings. The molecule has 1 atom stereocenters. The Balaban J connectivity index is 1.92. The number of morpholine rings is 1. The van der Waals surface area contributed by atoms with Gasteiger partial charge in [-0.2, -0.15) is 0 Å². The van der Waals surface area contributed by atoms with Crippen LogP contribution in [0.4, 0.5) is 8.78 Å². The fourth-order valence-corrected chi connectivity index (χ4v) is 2.14. The molecule has 0 radical (unpaired) electrons. The van der Waals surface area contributed by atoms with E-state index in [9.17, 15) is 8.78 Å². The lowest BCUT2D eigenvalue weighted by Crippen LogP contribution is -2.35. The molecule has 4 nitrogen and oxygen atoms in total. The van der Waals surface area contributed by atoms with Gasteiger partial charge in [0.2, 0.25) is 0 Å². The minimum atomic E-state index is -0.608. The summed E-state index contributed by atoms with van der Waals surface area (Å²) in [4.78, 5) is 7.11. The minimum Gasteiger partial charge on any atom is -0.378 e. The maximum Gasteiger partial charge on any atom is 0.135 e. The molecule has 0 aliphatic carbocycles. The zero-order chi connectivity index (χ0) is 13.2. The molecule has 1 aromatic heterocycles. The van der Waals surface area contributed by atoms with Gasteiger partial charge < -0.3 is 15.0 Å². The van der Waals surface area contributed by atoms with Gasteiger partial charge in [-0.1, -0.05) is 6.07 Å². The second-order valence-electron chi connectivity index (χ2n) is 4.36. The first-order valence-corrected chi connectivity index (χ1v) is 6.06. The Kier molecular flexibility index (Phi) is 3.27.